The lowest BCUT2D eigenvalue weighted by molar-refractivity contribution is -0.137. The van der Waals surface area contributed by atoms with Crippen molar-refractivity contribution in [1.82, 2.24) is 0 Å². The van der Waals surface area contributed by atoms with Crippen molar-refractivity contribution in [3.63, 3.8) is 0 Å². The molecule has 0 radical (unpaired) electrons. The molecule has 0 amide bonds. The van der Waals surface area contributed by atoms with Gasteiger partial charge in [0, 0.05) is 17.2 Å². The van der Waals surface area contributed by atoms with Crippen molar-refractivity contribution in [1.29, 1.82) is 0 Å². The standard InChI is InChI=1S/C11H13ClN2O2/c1-3-11(2)5-14-9-6(12)4-7(13)10(16-15)8(9)11/h4-5,15H,3,13H2,1-2H3. The van der Waals surface area contributed by atoms with E-state index in [1.165, 1.54) is 6.07 Å². The van der Waals surface area contributed by atoms with Crippen LogP contribution in [-0.4, -0.2) is 11.5 Å². The molecular formula is C11H13ClN2O2. The Morgan fingerprint density at radius 3 is 2.88 bits per heavy atom. The number of nitrogen functional groups attached to an aromatic ring is 1. The summed E-state index contributed by atoms with van der Waals surface area (Å²) in [7, 11) is 0. The lowest BCUT2D eigenvalue weighted by atomic mass is 9.81. The van der Waals surface area contributed by atoms with Crippen LogP contribution in [0.4, 0.5) is 11.4 Å². The van der Waals surface area contributed by atoms with Gasteiger partial charge in [-0.2, -0.15) is 0 Å². The first kappa shape index (κ1) is 11.2. The molecule has 16 heavy (non-hydrogen) atoms. The SMILES string of the molecule is CCC1(C)C=Nc2c(Cl)cc(N)c(OO)c21. The summed E-state index contributed by atoms with van der Waals surface area (Å²) in [6.45, 7) is 4.03. The lowest BCUT2D eigenvalue weighted by Gasteiger charge is -2.22. The molecule has 5 heteroatoms. The van der Waals surface area contributed by atoms with Crippen LogP contribution in [0, 0.1) is 0 Å². The predicted molar refractivity (Wildman–Crippen MR) is 64.9 cm³/mol. The van der Waals surface area contributed by atoms with Crippen LogP contribution in [-0.2, 0) is 5.41 Å². The molecule has 0 aromatic heterocycles. The van der Waals surface area contributed by atoms with E-state index < -0.39 is 0 Å². The van der Waals surface area contributed by atoms with Gasteiger partial charge in [-0.25, -0.2) is 5.26 Å². The summed E-state index contributed by atoms with van der Waals surface area (Å²) in [4.78, 5) is 8.65. The summed E-state index contributed by atoms with van der Waals surface area (Å²) in [6.07, 6.45) is 2.63. The number of rotatable bonds is 2. The van der Waals surface area contributed by atoms with Crippen LogP contribution >= 0.6 is 11.6 Å². The van der Waals surface area contributed by atoms with Crippen molar-refractivity contribution in [2.45, 2.75) is 25.7 Å². The number of aliphatic imine (C=N–C) groups is 1. The molecule has 1 atom stereocenters. The minimum Gasteiger partial charge on any atom is -0.396 e. The fraction of sp³-hybridized carbons (Fsp3) is 0.364. The van der Waals surface area contributed by atoms with Gasteiger partial charge in [-0.15, -0.1) is 0 Å². The van der Waals surface area contributed by atoms with Crippen LogP contribution < -0.4 is 10.6 Å². The number of fused-ring (bicyclic) bond motifs is 1. The van der Waals surface area contributed by atoms with E-state index in [0.29, 0.717) is 16.4 Å². The molecule has 0 aliphatic carbocycles. The average molecular weight is 241 g/mol. The number of nitrogens with zero attached hydrogens (tertiary/aromatic N) is 1. The monoisotopic (exact) mass is 240 g/mol. The third kappa shape index (κ3) is 1.37. The Morgan fingerprint density at radius 1 is 1.62 bits per heavy atom. The van der Waals surface area contributed by atoms with Crippen molar-refractivity contribution in [2.75, 3.05) is 5.73 Å². The zero-order valence-corrected chi connectivity index (χ0v) is 9.88. The first-order valence-electron chi connectivity index (χ1n) is 5.02. The number of hydrogen-bond acceptors (Lipinski definition) is 4. The van der Waals surface area contributed by atoms with E-state index in [-0.39, 0.29) is 11.2 Å². The maximum Gasteiger partial charge on any atom is 0.194 e. The fourth-order valence-electron chi connectivity index (χ4n) is 1.94. The molecule has 1 heterocycles. The molecule has 3 N–H and O–H groups in total. The van der Waals surface area contributed by atoms with Crippen molar-refractivity contribution in [3.05, 3.63) is 16.7 Å². The molecule has 0 fully saturated rings. The zero-order valence-electron chi connectivity index (χ0n) is 9.12. The molecule has 2 rings (SSSR count). The van der Waals surface area contributed by atoms with E-state index in [9.17, 15) is 0 Å². The largest absolute Gasteiger partial charge is 0.396 e. The van der Waals surface area contributed by atoms with Crippen molar-refractivity contribution in [3.8, 4) is 5.75 Å². The summed E-state index contributed by atoms with van der Waals surface area (Å²) in [6, 6.07) is 1.53. The summed E-state index contributed by atoms with van der Waals surface area (Å²) >= 11 is 6.06. The van der Waals surface area contributed by atoms with Gasteiger partial charge >= 0.3 is 0 Å². The molecule has 1 aromatic rings. The van der Waals surface area contributed by atoms with E-state index in [1.807, 2.05) is 20.1 Å². The second kappa shape index (κ2) is 3.64. The van der Waals surface area contributed by atoms with Crippen LogP contribution in [0.2, 0.25) is 5.02 Å². The first-order valence-corrected chi connectivity index (χ1v) is 5.40. The highest BCUT2D eigenvalue weighted by Gasteiger charge is 2.36. The van der Waals surface area contributed by atoms with Gasteiger partial charge in [-0.3, -0.25) is 4.99 Å². The molecule has 1 aliphatic rings. The van der Waals surface area contributed by atoms with E-state index in [1.54, 1.807) is 0 Å². The minimum absolute atomic E-state index is 0.251. The van der Waals surface area contributed by atoms with Crippen LogP contribution in [0.5, 0.6) is 5.75 Å². The van der Waals surface area contributed by atoms with Crippen LogP contribution in [0.15, 0.2) is 11.1 Å². The number of halogens is 1. The van der Waals surface area contributed by atoms with Gasteiger partial charge in [-0.05, 0) is 12.5 Å². The second-order valence-corrected chi connectivity index (χ2v) is 4.53. The van der Waals surface area contributed by atoms with Gasteiger partial charge < -0.3 is 10.6 Å². The molecule has 0 spiro atoms. The van der Waals surface area contributed by atoms with Crippen molar-refractivity contribution < 1.29 is 10.1 Å². The van der Waals surface area contributed by atoms with Crippen molar-refractivity contribution >= 4 is 29.2 Å². The molecule has 1 unspecified atom stereocenters. The van der Waals surface area contributed by atoms with Gasteiger partial charge in [-0.1, -0.05) is 25.4 Å². The highest BCUT2D eigenvalue weighted by Crippen LogP contribution is 2.50. The average Bonchev–Trinajstić information content (AvgIpc) is 2.59. The number of anilines is 1. The normalized spacial score (nSPS) is 22.2. The van der Waals surface area contributed by atoms with Gasteiger partial charge in [0.25, 0.3) is 0 Å². The maximum atomic E-state index is 8.92. The molecule has 0 saturated carbocycles. The maximum absolute atomic E-state index is 8.92. The quantitative estimate of drug-likeness (QED) is 0.474. The van der Waals surface area contributed by atoms with E-state index >= 15 is 0 Å². The number of hydrogen-bond donors (Lipinski definition) is 2. The number of nitrogens with two attached hydrogens (primary N) is 1. The molecular weight excluding hydrogens is 228 g/mol. The zero-order chi connectivity index (χ0) is 11.9. The highest BCUT2D eigenvalue weighted by atomic mass is 35.5. The molecule has 4 nitrogen and oxygen atoms in total. The van der Waals surface area contributed by atoms with E-state index in [4.69, 9.17) is 22.6 Å². The third-order valence-corrected chi connectivity index (χ3v) is 3.40. The summed E-state index contributed by atoms with van der Waals surface area (Å²) in [5.74, 6) is 0.251. The molecule has 1 aliphatic heterocycles. The Kier molecular flexibility index (Phi) is 2.56. The van der Waals surface area contributed by atoms with E-state index in [2.05, 4.69) is 9.88 Å². The van der Waals surface area contributed by atoms with Crippen molar-refractivity contribution in [2.24, 2.45) is 4.99 Å². The number of benzene rings is 1. The van der Waals surface area contributed by atoms with Gasteiger partial charge in [0.15, 0.2) is 5.75 Å². The Balaban J connectivity index is 2.75. The van der Waals surface area contributed by atoms with Gasteiger partial charge in [0.2, 0.25) is 0 Å². The molecule has 86 valence electrons. The smallest absolute Gasteiger partial charge is 0.194 e. The van der Waals surface area contributed by atoms with Crippen LogP contribution in [0.3, 0.4) is 0 Å². The molecule has 0 saturated heterocycles. The summed E-state index contributed by atoms with van der Waals surface area (Å²) in [5.41, 5.74) is 7.15. The highest BCUT2D eigenvalue weighted by molar-refractivity contribution is 6.34. The fourth-order valence-corrected chi connectivity index (χ4v) is 2.20. The van der Waals surface area contributed by atoms with Crippen LogP contribution in [0.25, 0.3) is 0 Å². The predicted octanol–water partition coefficient (Wildman–Crippen LogP) is 3.16. The first-order chi connectivity index (χ1) is 7.53. The summed E-state index contributed by atoms with van der Waals surface area (Å²) in [5, 5.41) is 9.40. The minimum atomic E-state index is -0.299. The lowest BCUT2D eigenvalue weighted by Crippen LogP contribution is -2.20. The Bertz CT molecular complexity index is 474. The topological polar surface area (TPSA) is 67.8 Å². The third-order valence-electron chi connectivity index (χ3n) is 3.11. The Morgan fingerprint density at radius 2 is 2.31 bits per heavy atom. The van der Waals surface area contributed by atoms with E-state index in [0.717, 1.165) is 12.0 Å². The Hall–Kier alpha value is -1.26. The van der Waals surface area contributed by atoms with Crippen LogP contribution in [0.1, 0.15) is 25.8 Å². The van der Waals surface area contributed by atoms with Gasteiger partial charge in [0.05, 0.1) is 16.4 Å². The second-order valence-electron chi connectivity index (χ2n) is 4.12. The summed E-state index contributed by atoms with van der Waals surface area (Å²) < 4.78 is 0. The molecule has 1 aromatic carbocycles. The van der Waals surface area contributed by atoms with Gasteiger partial charge in [0.1, 0.15) is 0 Å². The Labute approximate surface area is 98.6 Å². The molecule has 0 bridgehead atoms.